The fourth-order valence-electron chi connectivity index (χ4n) is 1.46. The number of halogens is 1. The Morgan fingerprint density at radius 3 is 2.50 bits per heavy atom. The maximum atomic E-state index is 6.11. The Balaban J connectivity index is 2.69. The molecule has 78 valence electrons. The molecule has 0 amide bonds. The first kappa shape index (κ1) is 11.5. The highest BCUT2D eigenvalue weighted by Gasteiger charge is 2.10. The minimum atomic E-state index is 0.318. The van der Waals surface area contributed by atoms with Crippen LogP contribution in [0.4, 0.5) is 0 Å². The van der Waals surface area contributed by atoms with Crippen molar-refractivity contribution in [1.29, 1.82) is 0 Å². The Morgan fingerprint density at radius 2 is 1.93 bits per heavy atom. The average molecular weight is 212 g/mol. The number of rotatable bonds is 4. The second-order valence-electron chi connectivity index (χ2n) is 3.72. The summed E-state index contributed by atoms with van der Waals surface area (Å²) < 4.78 is 0. The van der Waals surface area contributed by atoms with Crippen LogP contribution in [0, 0.1) is 0 Å². The molecule has 1 aromatic carbocycles. The van der Waals surface area contributed by atoms with E-state index in [0.29, 0.717) is 12.1 Å². The molecular formula is C12H18ClN. The summed E-state index contributed by atoms with van der Waals surface area (Å²) in [6.45, 7) is 6.51. The molecule has 0 saturated carbocycles. The van der Waals surface area contributed by atoms with Gasteiger partial charge in [0.1, 0.15) is 0 Å². The minimum absolute atomic E-state index is 0.318. The molecule has 1 N–H and O–H groups in total. The Bertz CT molecular complexity index is 285. The lowest BCUT2D eigenvalue weighted by Crippen LogP contribution is -2.28. The van der Waals surface area contributed by atoms with Crippen molar-refractivity contribution < 1.29 is 0 Å². The van der Waals surface area contributed by atoms with Gasteiger partial charge in [0.15, 0.2) is 0 Å². The predicted molar refractivity (Wildman–Crippen MR) is 62.8 cm³/mol. The van der Waals surface area contributed by atoms with Crippen molar-refractivity contribution in [3.63, 3.8) is 0 Å². The van der Waals surface area contributed by atoms with E-state index >= 15 is 0 Å². The van der Waals surface area contributed by atoms with Gasteiger partial charge in [-0.25, -0.2) is 0 Å². The number of hydrogen-bond donors (Lipinski definition) is 1. The zero-order chi connectivity index (χ0) is 10.6. The van der Waals surface area contributed by atoms with Gasteiger partial charge in [0.25, 0.3) is 0 Å². The first-order chi connectivity index (χ1) is 6.65. The molecule has 0 heterocycles. The summed E-state index contributed by atoms with van der Waals surface area (Å²) in [6.07, 6.45) is 1.13. The lowest BCUT2D eigenvalue weighted by Gasteiger charge is -2.19. The Hall–Kier alpha value is -0.530. The zero-order valence-corrected chi connectivity index (χ0v) is 9.81. The van der Waals surface area contributed by atoms with E-state index in [2.05, 4.69) is 32.2 Å². The second kappa shape index (κ2) is 5.38. The molecule has 0 aliphatic rings. The fourth-order valence-corrected chi connectivity index (χ4v) is 1.76. The largest absolute Gasteiger partial charge is 0.308 e. The summed E-state index contributed by atoms with van der Waals surface area (Å²) in [6, 6.07) is 8.84. The molecule has 0 fully saturated rings. The maximum absolute atomic E-state index is 6.11. The van der Waals surface area contributed by atoms with E-state index in [0.717, 1.165) is 11.4 Å². The monoisotopic (exact) mass is 211 g/mol. The lowest BCUT2D eigenvalue weighted by atomic mass is 10.1. The smallest absolute Gasteiger partial charge is 0.0453 e. The van der Waals surface area contributed by atoms with Crippen LogP contribution in [0.2, 0.25) is 5.02 Å². The van der Waals surface area contributed by atoms with E-state index in [1.807, 2.05) is 18.2 Å². The van der Waals surface area contributed by atoms with Gasteiger partial charge >= 0.3 is 0 Å². The summed E-state index contributed by atoms with van der Waals surface area (Å²) in [7, 11) is 0. The van der Waals surface area contributed by atoms with Crippen LogP contribution in [0.5, 0.6) is 0 Å². The van der Waals surface area contributed by atoms with Crippen molar-refractivity contribution in [1.82, 2.24) is 5.32 Å². The first-order valence-electron chi connectivity index (χ1n) is 5.15. The van der Waals surface area contributed by atoms with E-state index in [1.54, 1.807) is 0 Å². The molecule has 0 spiro atoms. The van der Waals surface area contributed by atoms with Crippen molar-refractivity contribution in [2.75, 3.05) is 0 Å². The molecule has 1 nitrogen and oxygen atoms in total. The van der Waals surface area contributed by atoms with Gasteiger partial charge in [0.05, 0.1) is 0 Å². The van der Waals surface area contributed by atoms with Crippen LogP contribution in [-0.2, 0) is 0 Å². The summed E-state index contributed by atoms with van der Waals surface area (Å²) in [5, 5.41) is 4.35. The quantitative estimate of drug-likeness (QED) is 0.799. The molecule has 0 radical (unpaired) electrons. The minimum Gasteiger partial charge on any atom is -0.308 e. The van der Waals surface area contributed by atoms with Crippen molar-refractivity contribution in [2.45, 2.75) is 39.3 Å². The van der Waals surface area contributed by atoms with Crippen LogP contribution >= 0.6 is 11.6 Å². The average Bonchev–Trinajstić information content (AvgIpc) is 2.18. The third kappa shape index (κ3) is 3.00. The molecular weight excluding hydrogens is 194 g/mol. The number of benzene rings is 1. The molecule has 14 heavy (non-hydrogen) atoms. The van der Waals surface area contributed by atoms with Crippen LogP contribution in [0.15, 0.2) is 24.3 Å². The van der Waals surface area contributed by atoms with Gasteiger partial charge in [-0.05, 0) is 31.9 Å². The molecule has 1 rings (SSSR count). The standard InChI is InChI=1S/C12H18ClN/c1-4-9(2)14-10(3)11-7-5-6-8-12(11)13/h5-10,14H,4H2,1-3H3/t9?,10-/m1/s1. The van der Waals surface area contributed by atoms with Gasteiger partial charge in [-0.15, -0.1) is 0 Å². The SMILES string of the molecule is CCC(C)N[C@H](C)c1ccccc1Cl. The summed E-state index contributed by atoms with van der Waals surface area (Å²) in [5.41, 5.74) is 1.18. The number of hydrogen-bond acceptors (Lipinski definition) is 1. The van der Waals surface area contributed by atoms with Gasteiger partial charge in [0.2, 0.25) is 0 Å². The molecule has 0 aliphatic heterocycles. The van der Waals surface area contributed by atoms with E-state index in [-0.39, 0.29) is 0 Å². The van der Waals surface area contributed by atoms with Gasteiger partial charge in [-0.2, -0.15) is 0 Å². The third-order valence-corrected chi connectivity index (χ3v) is 2.86. The molecule has 2 atom stereocenters. The molecule has 1 aromatic rings. The van der Waals surface area contributed by atoms with Crippen LogP contribution in [0.3, 0.4) is 0 Å². The Kier molecular flexibility index (Phi) is 4.43. The fraction of sp³-hybridized carbons (Fsp3) is 0.500. The van der Waals surface area contributed by atoms with E-state index in [9.17, 15) is 0 Å². The molecule has 2 heteroatoms. The predicted octanol–water partition coefficient (Wildman–Crippen LogP) is 3.79. The van der Waals surface area contributed by atoms with Gasteiger partial charge < -0.3 is 5.32 Å². The van der Waals surface area contributed by atoms with Crippen molar-refractivity contribution in [3.8, 4) is 0 Å². The topological polar surface area (TPSA) is 12.0 Å². The molecule has 0 aliphatic carbocycles. The van der Waals surface area contributed by atoms with Gasteiger partial charge in [-0.3, -0.25) is 0 Å². The maximum Gasteiger partial charge on any atom is 0.0453 e. The highest BCUT2D eigenvalue weighted by molar-refractivity contribution is 6.31. The molecule has 0 bridgehead atoms. The van der Waals surface area contributed by atoms with Crippen molar-refractivity contribution in [2.24, 2.45) is 0 Å². The van der Waals surface area contributed by atoms with Crippen molar-refractivity contribution in [3.05, 3.63) is 34.9 Å². The lowest BCUT2D eigenvalue weighted by molar-refractivity contribution is 0.469. The molecule has 0 saturated heterocycles. The van der Waals surface area contributed by atoms with Crippen LogP contribution < -0.4 is 5.32 Å². The third-order valence-electron chi connectivity index (χ3n) is 2.52. The van der Waals surface area contributed by atoms with Crippen molar-refractivity contribution >= 4 is 11.6 Å². The van der Waals surface area contributed by atoms with Crippen LogP contribution in [-0.4, -0.2) is 6.04 Å². The van der Waals surface area contributed by atoms with Crippen LogP contribution in [0.25, 0.3) is 0 Å². The number of nitrogens with one attached hydrogen (secondary N) is 1. The van der Waals surface area contributed by atoms with E-state index in [4.69, 9.17) is 11.6 Å². The second-order valence-corrected chi connectivity index (χ2v) is 4.13. The van der Waals surface area contributed by atoms with Crippen LogP contribution in [0.1, 0.15) is 38.8 Å². The Morgan fingerprint density at radius 1 is 1.29 bits per heavy atom. The summed E-state index contributed by atoms with van der Waals surface area (Å²) in [4.78, 5) is 0. The normalized spacial score (nSPS) is 15.1. The molecule has 1 unspecified atom stereocenters. The highest BCUT2D eigenvalue weighted by atomic mass is 35.5. The van der Waals surface area contributed by atoms with E-state index in [1.165, 1.54) is 5.56 Å². The summed E-state index contributed by atoms with van der Waals surface area (Å²) in [5.74, 6) is 0. The summed E-state index contributed by atoms with van der Waals surface area (Å²) >= 11 is 6.11. The van der Waals surface area contributed by atoms with Gasteiger partial charge in [-0.1, -0.05) is 36.7 Å². The Labute approximate surface area is 91.5 Å². The highest BCUT2D eigenvalue weighted by Crippen LogP contribution is 2.22. The zero-order valence-electron chi connectivity index (χ0n) is 9.05. The molecule has 0 aromatic heterocycles. The van der Waals surface area contributed by atoms with E-state index < -0.39 is 0 Å². The van der Waals surface area contributed by atoms with Gasteiger partial charge in [0, 0.05) is 17.1 Å². The first-order valence-corrected chi connectivity index (χ1v) is 5.53.